The Labute approximate surface area is 67.5 Å². The topological polar surface area (TPSA) is 38.5 Å². The predicted octanol–water partition coefficient (Wildman–Crippen LogP) is 0.505. The summed E-state index contributed by atoms with van der Waals surface area (Å²) in [6, 6.07) is 0. The second-order valence-electron chi connectivity index (χ2n) is 3.71. The van der Waals surface area contributed by atoms with Crippen LogP contribution in [0.4, 0.5) is 0 Å². The maximum absolute atomic E-state index is 5.78. The van der Waals surface area contributed by atoms with E-state index >= 15 is 0 Å². The van der Waals surface area contributed by atoms with Crippen LogP contribution in [0.2, 0.25) is 0 Å². The number of nitrogens with two attached hydrogens (primary N) is 1. The molecule has 0 amide bonds. The Bertz CT molecular complexity index is 138. The number of ether oxygens (including phenoxy) is 1. The lowest BCUT2D eigenvalue weighted by Gasteiger charge is -2.33. The van der Waals surface area contributed by atoms with Gasteiger partial charge in [-0.25, -0.2) is 5.01 Å². The minimum absolute atomic E-state index is 0.146. The first-order valence-corrected chi connectivity index (χ1v) is 4.44. The molecule has 0 aromatic carbocycles. The van der Waals surface area contributed by atoms with Crippen LogP contribution in [0.3, 0.4) is 0 Å². The van der Waals surface area contributed by atoms with Crippen LogP contribution in [-0.2, 0) is 4.74 Å². The lowest BCUT2D eigenvalue weighted by Crippen LogP contribution is -2.40. The summed E-state index contributed by atoms with van der Waals surface area (Å²) in [6.07, 6.45) is 4.88. The lowest BCUT2D eigenvalue weighted by molar-refractivity contribution is -0.0695. The number of hydrogen-bond acceptors (Lipinski definition) is 3. The van der Waals surface area contributed by atoms with Crippen LogP contribution in [0.15, 0.2) is 0 Å². The predicted molar refractivity (Wildman–Crippen MR) is 42.9 cm³/mol. The number of hydrogen-bond donors (Lipinski definition) is 1. The third-order valence-electron chi connectivity index (χ3n) is 2.78. The van der Waals surface area contributed by atoms with Gasteiger partial charge in [-0.3, -0.25) is 5.84 Å². The minimum atomic E-state index is 0.146. The van der Waals surface area contributed by atoms with Crippen LogP contribution in [-0.4, -0.2) is 30.3 Å². The fourth-order valence-corrected chi connectivity index (χ4v) is 2.11. The molecule has 2 aliphatic rings. The number of hydrazine groups is 1. The quantitative estimate of drug-likeness (QED) is 0.519. The van der Waals surface area contributed by atoms with E-state index in [9.17, 15) is 0 Å². The first-order chi connectivity index (χ1) is 5.31. The van der Waals surface area contributed by atoms with E-state index in [0.29, 0.717) is 0 Å². The minimum Gasteiger partial charge on any atom is -0.374 e. The van der Waals surface area contributed by atoms with Crippen LogP contribution in [0, 0.1) is 0 Å². The van der Waals surface area contributed by atoms with Gasteiger partial charge in [-0.05, 0) is 25.7 Å². The highest BCUT2D eigenvalue weighted by molar-refractivity contribution is 4.91. The van der Waals surface area contributed by atoms with Gasteiger partial charge >= 0.3 is 0 Å². The molecule has 1 atom stereocenters. The fourth-order valence-electron chi connectivity index (χ4n) is 2.11. The highest BCUT2D eigenvalue weighted by Gasteiger charge is 2.39. The first kappa shape index (κ1) is 7.53. The maximum Gasteiger partial charge on any atom is 0.0835 e. The van der Waals surface area contributed by atoms with Gasteiger partial charge in [0.2, 0.25) is 0 Å². The van der Waals surface area contributed by atoms with Gasteiger partial charge in [0.15, 0.2) is 0 Å². The van der Waals surface area contributed by atoms with Gasteiger partial charge in [-0.1, -0.05) is 0 Å². The molecule has 3 heteroatoms. The molecule has 1 spiro atoms. The summed E-state index contributed by atoms with van der Waals surface area (Å²) >= 11 is 0. The average Bonchev–Trinajstić information content (AvgIpc) is 2.34. The van der Waals surface area contributed by atoms with Gasteiger partial charge in [0, 0.05) is 19.7 Å². The van der Waals surface area contributed by atoms with E-state index in [4.69, 9.17) is 10.6 Å². The molecule has 0 aliphatic carbocycles. The van der Waals surface area contributed by atoms with Crippen LogP contribution < -0.4 is 5.84 Å². The molecule has 0 aromatic rings. The molecule has 3 nitrogen and oxygen atoms in total. The Balaban J connectivity index is 1.98. The van der Waals surface area contributed by atoms with Crippen molar-refractivity contribution in [1.29, 1.82) is 0 Å². The average molecular weight is 156 g/mol. The molecule has 0 unspecified atom stereocenters. The normalized spacial score (nSPS) is 40.1. The van der Waals surface area contributed by atoms with Crippen LogP contribution >= 0.6 is 0 Å². The Morgan fingerprint density at radius 2 is 2.18 bits per heavy atom. The molecule has 2 N–H and O–H groups in total. The second kappa shape index (κ2) is 2.73. The molecule has 64 valence electrons. The molecule has 2 saturated heterocycles. The summed E-state index contributed by atoms with van der Waals surface area (Å²) in [5, 5.41) is 1.88. The molecule has 2 heterocycles. The van der Waals surface area contributed by atoms with Crippen molar-refractivity contribution in [3.05, 3.63) is 0 Å². The van der Waals surface area contributed by atoms with Crippen molar-refractivity contribution in [3.63, 3.8) is 0 Å². The van der Waals surface area contributed by atoms with E-state index in [0.717, 1.165) is 26.1 Å². The van der Waals surface area contributed by atoms with Crippen molar-refractivity contribution >= 4 is 0 Å². The highest BCUT2D eigenvalue weighted by Crippen LogP contribution is 2.32. The Morgan fingerprint density at radius 3 is 2.73 bits per heavy atom. The van der Waals surface area contributed by atoms with Gasteiger partial charge in [-0.15, -0.1) is 0 Å². The first-order valence-electron chi connectivity index (χ1n) is 4.44. The van der Waals surface area contributed by atoms with Crippen LogP contribution in [0.5, 0.6) is 0 Å². The Hall–Kier alpha value is -0.120. The van der Waals surface area contributed by atoms with Crippen molar-refractivity contribution in [2.24, 2.45) is 5.84 Å². The summed E-state index contributed by atoms with van der Waals surface area (Å²) in [6.45, 7) is 2.88. The molecular weight excluding hydrogens is 140 g/mol. The SMILES string of the molecule is NN1CC[C@@]2(CCCCO2)C1. The molecule has 0 aromatic heterocycles. The Kier molecular flexibility index (Phi) is 1.87. The van der Waals surface area contributed by atoms with Crippen molar-refractivity contribution < 1.29 is 4.74 Å². The summed E-state index contributed by atoms with van der Waals surface area (Å²) in [5.74, 6) is 5.69. The largest absolute Gasteiger partial charge is 0.374 e. The molecule has 2 rings (SSSR count). The van der Waals surface area contributed by atoms with E-state index in [-0.39, 0.29) is 5.60 Å². The standard InChI is InChI=1S/C8H16N2O/c9-10-5-4-8(7-10)3-1-2-6-11-8/h1-7,9H2/t8-/m0/s1. The zero-order chi connectivity index (χ0) is 7.73. The van der Waals surface area contributed by atoms with E-state index in [1.165, 1.54) is 19.3 Å². The molecule has 11 heavy (non-hydrogen) atoms. The zero-order valence-electron chi connectivity index (χ0n) is 6.88. The highest BCUT2D eigenvalue weighted by atomic mass is 16.5. The summed E-state index contributed by atoms with van der Waals surface area (Å²) in [5.41, 5.74) is 0.146. The lowest BCUT2D eigenvalue weighted by atomic mass is 9.93. The molecule has 0 saturated carbocycles. The molecule has 2 fully saturated rings. The van der Waals surface area contributed by atoms with Crippen molar-refractivity contribution in [2.45, 2.75) is 31.3 Å². The van der Waals surface area contributed by atoms with Gasteiger partial charge in [0.05, 0.1) is 5.60 Å². The van der Waals surface area contributed by atoms with Gasteiger partial charge in [0.25, 0.3) is 0 Å². The zero-order valence-corrected chi connectivity index (χ0v) is 6.88. The summed E-state index contributed by atoms with van der Waals surface area (Å²) in [7, 11) is 0. The maximum atomic E-state index is 5.78. The summed E-state index contributed by atoms with van der Waals surface area (Å²) < 4.78 is 5.78. The molecule has 0 radical (unpaired) electrons. The monoisotopic (exact) mass is 156 g/mol. The van der Waals surface area contributed by atoms with Crippen molar-refractivity contribution in [2.75, 3.05) is 19.7 Å². The second-order valence-corrected chi connectivity index (χ2v) is 3.71. The third kappa shape index (κ3) is 1.41. The van der Waals surface area contributed by atoms with Gasteiger partial charge in [-0.2, -0.15) is 0 Å². The fraction of sp³-hybridized carbons (Fsp3) is 1.00. The van der Waals surface area contributed by atoms with E-state index in [1.54, 1.807) is 0 Å². The van der Waals surface area contributed by atoms with E-state index < -0.39 is 0 Å². The third-order valence-corrected chi connectivity index (χ3v) is 2.78. The molecule has 2 aliphatic heterocycles. The number of rotatable bonds is 0. The summed E-state index contributed by atoms with van der Waals surface area (Å²) in [4.78, 5) is 0. The van der Waals surface area contributed by atoms with Crippen LogP contribution in [0.25, 0.3) is 0 Å². The van der Waals surface area contributed by atoms with Gasteiger partial charge in [0.1, 0.15) is 0 Å². The molecule has 0 bridgehead atoms. The van der Waals surface area contributed by atoms with E-state index in [2.05, 4.69) is 0 Å². The van der Waals surface area contributed by atoms with Crippen LogP contribution in [0.1, 0.15) is 25.7 Å². The van der Waals surface area contributed by atoms with Crippen molar-refractivity contribution in [1.82, 2.24) is 5.01 Å². The molecular formula is C8H16N2O. The Morgan fingerprint density at radius 1 is 1.27 bits per heavy atom. The van der Waals surface area contributed by atoms with Gasteiger partial charge < -0.3 is 4.74 Å². The smallest absolute Gasteiger partial charge is 0.0835 e. The van der Waals surface area contributed by atoms with Crippen molar-refractivity contribution in [3.8, 4) is 0 Å². The number of nitrogens with zero attached hydrogens (tertiary/aromatic N) is 1. The van der Waals surface area contributed by atoms with E-state index in [1.807, 2.05) is 5.01 Å².